The van der Waals surface area contributed by atoms with Crippen LogP contribution in [0.3, 0.4) is 0 Å². The van der Waals surface area contributed by atoms with Gasteiger partial charge in [-0.25, -0.2) is 9.67 Å². The Morgan fingerprint density at radius 1 is 0.346 bits per heavy atom. The van der Waals surface area contributed by atoms with E-state index < -0.39 is 0 Å². The minimum Gasteiger partial charge on any atom is -0.265 e. The van der Waals surface area contributed by atoms with Crippen LogP contribution in [0.2, 0.25) is 0 Å². The van der Waals surface area contributed by atoms with Crippen LogP contribution in [0.15, 0.2) is 205 Å². The smallest absolute Gasteiger partial charge is 0.123 e. The predicted octanol–water partition coefficient (Wildman–Crippen LogP) is 20.8. The summed E-state index contributed by atoms with van der Waals surface area (Å²) in [7, 11) is 0. The SMILES string of the molecule is CC(C)(C)c1ccc(-c2ccccc2)cc1.CC(C)(C)c1ccc(-c2ccncc2)cc1.CC(C)(C)c1ccc(-c2csnn2)cc1.CC(C)(C)c1ccc(-c2nc(C(C)(C)C)cs2)cc1.CC(C)(C)c1ccc(-n2cccn2)cc1. The lowest BCUT2D eigenvalue weighted by molar-refractivity contribution is 0.573. The molecule has 0 N–H and O–H groups in total. The van der Waals surface area contributed by atoms with E-state index in [0.717, 1.165) is 22.0 Å². The molecular formula is C73H88N6S2. The molecule has 422 valence electrons. The number of aromatic nitrogens is 6. The fourth-order valence-corrected chi connectivity index (χ4v) is 9.85. The molecule has 0 saturated carbocycles. The molecule has 0 bridgehead atoms. The summed E-state index contributed by atoms with van der Waals surface area (Å²) in [6.45, 7) is 40.0. The number of hydrogen-bond acceptors (Lipinski definition) is 7. The van der Waals surface area contributed by atoms with Crippen molar-refractivity contribution in [2.24, 2.45) is 0 Å². The summed E-state index contributed by atoms with van der Waals surface area (Å²) in [4.78, 5) is 8.79. The van der Waals surface area contributed by atoms with Crippen LogP contribution >= 0.6 is 22.9 Å². The Labute approximate surface area is 495 Å². The first-order chi connectivity index (χ1) is 38.0. The van der Waals surface area contributed by atoms with E-state index in [0.29, 0.717) is 0 Å². The zero-order chi connectivity index (χ0) is 59.2. The Balaban J connectivity index is 0.000000163. The second-order valence-corrected chi connectivity index (χ2v) is 28.2. The Morgan fingerprint density at radius 2 is 0.728 bits per heavy atom. The Bertz CT molecular complexity index is 3190. The van der Waals surface area contributed by atoms with Gasteiger partial charge in [0.25, 0.3) is 0 Å². The van der Waals surface area contributed by atoms with Gasteiger partial charge in [0, 0.05) is 52.1 Å². The highest BCUT2D eigenvalue weighted by atomic mass is 32.1. The van der Waals surface area contributed by atoms with Gasteiger partial charge in [-0.1, -0.05) is 269 Å². The lowest BCUT2D eigenvalue weighted by Gasteiger charge is -2.19. The van der Waals surface area contributed by atoms with Crippen molar-refractivity contribution in [2.45, 2.75) is 157 Å². The zero-order valence-electron chi connectivity index (χ0n) is 51.6. The number of benzene rings is 6. The summed E-state index contributed by atoms with van der Waals surface area (Å²) >= 11 is 3.11. The quantitative estimate of drug-likeness (QED) is 0.172. The number of rotatable bonds is 5. The molecule has 0 saturated heterocycles. The Hall–Kier alpha value is -7.13. The lowest BCUT2D eigenvalue weighted by atomic mass is 9.86. The maximum absolute atomic E-state index is 4.76. The molecule has 10 aromatic rings. The molecule has 0 fully saturated rings. The van der Waals surface area contributed by atoms with E-state index in [1.54, 1.807) is 17.5 Å². The van der Waals surface area contributed by atoms with E-state index in [4.69, 9.17) is 4.98 Å². The molecule has 4 heterocycles. The largest absolute Gasteiger partial charge is 0.265 e. The van der Waals surface area contributed by atoms with E-state index in [-0.39, 0.29) is 32.5 Å². The van der Waals surface area contributed by atoms with Crippen molar-refractivity contribution in [3.05, 3.63) is 239 Å². The van der Waals surface area contributed by atoms with Gasteiger partial charge in [0.15, 0.2) is 0 Å². The molecule has 4 aromatic heterocycles. The first-order valence-electron chi connectivity index (χ1n) is 28.2. The second kappa shape index (κ2) is 27.1. The van der Waals surface area contributed by atoms with Crippen molar-refractivity contribution >= 4 is 22.9 Å². The summed E-state index contributed by atoms with van der Waals surface area (Å²) in [5, 5.41) is 13.5. The molecule has 0 spiro atoms. The van der Waals surface area contributed by atoms with Gasteiger partial charge in [-0.3, -0.25) is 4.98 Å². The fourth-order valence-electron chi connectivity index (χ4n) is 8.33. The van der Waals surface area contributed by atoms with Crippen LogP contribution in [0.5, 0.6) is 0 Å². The molecule has 0 amide bonds. The Morgan fingerprint density at radius 3 is 1.09 bits per heavy atom. The highest BCUT2D eigenvalue weighted by molar-refractivity contribution is 7.13. The van der Waals surface area contributed by atoms with Crippen LogP contribution in [0, 0.1) is 0 Å². The van der Waals surface area contributed by atoms with Crippen molar-refractivity contribution in [1.29, 1.82) is 0 Å². The lowest BCUT2D eigenvalue weighted by Crippen LogP contribution is -2.11. The predicted molar refractivity (Wildman–Crippen MR) is 350 cm³/mol. The number of hydrogen-bond donors (Lipinski definition) is 0. The van der Waals surface area contributed by atoms with Gasteiger partial charge in [-0.05, 0) is 119 Å². The van der Waals surface area contributed by atoms with Gasteiger partial charge in [0.1, 0.15) is 10.7 Å². The van der Waals surface area contributed by atoms with Crippen molar-refractivity contribution in [3.8, 4) is 49.8 Å². The maximum atomic E-state index is 4.76. The monoisotopic (exact) mass is 1110 g/mol. The highest BCUT2D eigenvalue weighted by Gasteiger charge is 2.20. The molecule has 6 aromatic carbocycles. The van der Waals surface area contributed by atoms with Crippen molar-refractivity contribution < 1.29 is 0 Å². The van der Waals surface area contributed by atoms with Gasteiger partial charge < -0.3 is 0 Å². The first kappa shape index (κ1) is 63.1. The number of thiazole rings is 1. The minimum atomic E-state index is 0.125. The summed E-state index contributed by atoms with van der Waals surface area (Å²) in [5.41, 5.74) is 18.6. The van der Waals surface area contributed by atoms with Crippen molar-refractivity contribution in [3.63, 3.8) is 0 Å². The minimum absolute atomic E-state index is 0.125. The molecule has 8 heteroatoms. The standard InChI is InChI=1S/C17H23NS.C16H18.C15H17N.C13H16N2.C12H14N2S/c1-16(2,3)13-9-7-12(8-10-13)15-18-14(11-19-15)17(4,5)6;1-16(2,3)15-11-9-14(10-12-15)13-7-5-4-6-8-13;1-15(2,3)14-6-4-12(5-7-14)13-8-10-16-11-9-13;1-13(2,3)11-5-7-12(8-6-11)15-10-4-9-14-15;1-12(2,3)10-6-4-9(5-7-10)11-8-15-14-13-11/h7-11H,1-6H3;4-12H,1-3H3;4-11H,1-3H3;4-10H,1-3H3;4-8H,1-3H3. The van der Waals surface area contributed by atoms with E-state index >= 15 is 0 Å². The van der Waals surface area contributed by atoms with Gasteiger partial charge in [0.05, 0.1) is 11.4 Å². The average molecular weight is 1110 g/mol. The normalized spacial score (nSPS) is 11.8. The third kappa shape index (κ3) is 19.3. The number of nitrogens with zero attached hydrogens (tertiary/aromatic N) is 6. The molecule has 0 aliphatic rings. The second-order valence-electron chi connectivity index (χ2n) is 26.7. The van der Waals surface area contributed by atoms with Crippen LogP contribution < -0.4 is 0 Å². The van der Waals surface area contributed by atoms with E-state index in [2.05, 4.69) is 295 Å². The van der Waals surface area contributed by atoms with Crippen molar-refractivity contribution in [1.82, 2.24) is 29.3 Å². The fraction of sp³-hybridized carbons (Fsp3) is 0.329. The molecule has 6 nitrogen and oxygen atoms in total. The van der Waals surface area contributed by atoms with E-state index in [1.807, 2.05) is 52.9 Å². The summed E-state index contributed by atoms with van der Waals surface area (Å²) in [5.74, 6) is 0. The first-order valence-corrected chi connectivity index (χ1v) is 29.9. The third-order valence-corrected chi connectivity index (χ3v) is 15.2. The topological polar surface area (TPSA) is 69.4 Å². The zero-order valence-corrected chi connectivity index (χ0v) is 53.3. The highest BCUT2D eigenvalue weighted by Crippen LogP contribution is 2.33. The van der Waals surface area contributed by atoms with Crippen LogP contribution in [-0.4, -0.2) is 29.3 Å². The molecule has 10 rings (SSSR count). The van der Waals surface area contributed by atoms with Crippen LogP contribution in [-0.2, 0) is 32.5 Å². The van der Waals surface area contributed by atoms with Gasteiger partial charge in [-0.15, -0.1) is 16.4 Å². The molecule has 0 aliphatic heterocycles. The van der Waals surface area contributed by atoms with Crippen molar-refractivity contribution in [2.75, 3.05) is 0 Å². The van der Waals surface area contributed by atoms with Crippen LogP contribution in [0.25, 0.3) is 49.8 Å². The number of pyridine rings is 1. The Kier molecular flexibility index (Phi) is 21.1. The molecule has 0 unspecified atom stereocenters. The van der Waals surface area contributed by atoms with Gasteiger partial charge in [-0.2, -0.15) is 5.10 Å². The molecule has 0 aliphatic carbocycles. The van der Waals surface area contributed by atoms with Crippen LogP contribution in [0.4, 0.5) is 0 Å². The van der Waals surface area contributed by atoms with Crippen LogP contribution in [0.1, 0.15) is 158 Å². The summed E-state index contributed by atoms with van der Waals surface area (Å²) in [6.07, 6.45) is 7.39. The van der Waals surface area contributed by atoms with Gasteiger partial charge in [0.2, 0.25) is 0 Å². The molecular weight excluding hydrogens is 1020 g/mol. The molecule has 0 radical (unpaired) electrons. The van der Waals surface area contributed by atoms with E-state index in [1.165, 1.54) is 72.9 Å². The molecule has 0 atom stereocenters. The average Bonchev–Trinajstić information content (AvgIpc) is 4.28. The summed E-state index contributed by atoms with van der Waals surface area (Å²) in [6, 6.07) is 60.0. The third-order valence-electron chi connectivity index (χ3n) is 13.8. The summed E-state index contributed by atoms with van der Waals surface area (Å²) < 4.78 is 5.73. The van der Waals surface area contributed by atoms with E-state index in [9.17, 15) is 0 Å². The maximum Gasteiger partial charge on any atom is 0.123 e. The molecule has 81 heavy (non-hydrogen) atoms. The van der Waals surface area contributed by atoms with Gasteiger partial charge >= 0.3 is 0 Å².